The van der Waals surface area contributed by atoms with Gasteiger partial charge in [-0.3, -0.25) is 4.79 Å². The first-order chi connectivity index (χ1) is 10.3. The Morgan fingerprint density at radius 3 is 2.68 bits per heavy atom. The number of likely N-dealkylation sites (tertiary alicyclic amines) is 1. The molecule has 0 aliphatic carbocycles. The predicted octanol–water partition coefficient (Wildman–Crippen LogP) is 0.423. The average molecular weight is 330 g/mol. The van der Waals surface area contributed by atoms with Crippen molar-refractivity contribution in [3.63, 3.8) is 0 Å². The van der Waals surface area contributed by atoms with Crippen LogP contribution in [-0.4, -0.2) is 49.9 Å². The zero-order chi connectivity index (χ0) is 16.5. The Bertz CT molecular complexity index is 719. The van der Waals surface area contributed by atoms with Gasteiger partial charge in [-0.1, -0.05) is 0 Å². The minimum Gasteiger partial charge on any atom is -0.480 e. The molecular formula is C13H15FN2O5S. The first kappa shape index (κ1) is 16.4. The largest absolute Gasteiger partial charge is 0.480 e. The molecule has 1 heterocycles. The summed E-state index contributed by atoms with van der Waals surface area (Å²) in [5, 5.41) is 9.09. The molecule has 9 heteroatoms. The molecule has 0 radical (unpaired) electrons. The lowest BCUT2D eigenvalue weighted by Crippen LogP contribution is -2.40. The van der Waals surface area contributed by atoms with E-state index in [0.29, 0.717) is 12.8 Å². The number of carbonyl (C=O) groups is 2. The molecule has 1 atom stereocenters. The van der Waals surface area contributed by atoms with Gasteiger partial charge in [0, 0.05) is 12.1 Å². The molecule has 0 spiro atoms. The number of sulfonamides is 1. The van der Waals surface area contributed by atoms with Crippen molar-refractivity contribution in [3.05, 3.63) is 29.6 Å². The topological polar surface area (TPSA) is 104 Å². The second-order valence-corrected chi connectivity index (χ2v) is 6.70. The number of halogens is 1. The molecule has 1 saturated heterocycles. The van der Waals surface area contributed by atoms with E-state index in [1.807, 2.05) is 4.72 Å². The van der Waals surface area contributed by atoms with Crippen LogP contribution in [0.15, 0.2) is 23.1 Å². The highest BCUT2D eigenvalue weighted by Gasteiger charge is 2.35. The molecule has 7 nitrogen and oxygen atoms in total. The Kier molecular flexibility index (Phi) is 4.47. The Morgan fingerprint density at radius 1 is 1.41 bits per heavy atom. The average Bonchev–Trinajstić information content (AvgIpc) is 2.96. The third-order valence-corrected chi connectivity index (χ3v) is 4.96. The number of benzene rings is 1. The second-order valence-electron chi connectivity index (χ2n) is 4.85. The van der Waals surface area contributed by atoms with E-state index in [1.54, 1.807) is 0 Å². The number of nitrogens with zero attached hydrogens (tertiary/aromatic N) is 1. The summed E-state index contributed by atoms with van der Waals surface area (Å²) in [5.74, 6) is -2.73. The molecule has 120 valence electrons. The Hall–Kier alpha value is -2.00. The zero-order valence-electron chi connectivity index (χ0n) is 11.7. The summed E-state index contributed by atoms with van der Waals surface area (Å²) >= 11 is 0. The van der Waals surface area contributed by atoms with Crippen molar-refractivity contribution in [2.45, 2.75) is 23.8 Å². The molecule has 0 aromatic heterocycles. The zero-order valence-corrected chi connectivity index (χ0v) is 12.6. The van der Waals surface area contributed by atoms with E-state index in [0.717, 1.165) is 30.1 Å². The van der Waals surface area contributed by atoms with Gasteiger partial charge in [0.25, 0.3) is 5.91 Å². The fraction of sp³-hybridized carbons (Fsp3) is 0.385. The van der Waals surface area contributed by atoms with Crippen LogP contribution in [0.25, 0.3) is 0 Å². The first-order valence-corrected chi connectivity index (χ1v) is 8.03. The third-order valence-electron chi connectivity index (χ3n) is 3.54. The van der Waals surface area contributed by atoms with Gasteiger partial charge >= 0.3 is 5.97 Å². The van der Waals surface area contributed by atoms with Crippen LogP contribution in [0.3, 0.4) is 0 Å². The fourth-order valence-corrected chi connectivity index (χ4v) is 3.21. The summed E-state index contributed by atoms with van der Waals surface area (Å²) in [4.78, 5) is 24.0. The van der Waals surface area contributed by atoms with E-state index in [9.17, 15) is 22.4 Å². The highest BCUT2D eigenvalue weighted by molar-refractivity contribution is 7.89. The molecular weight excluding hydrogens is 315 g/mol. The number of hydrogen-bond acceptors (Lipinski definition) is 4. The van der Waals surface area contributed by atoms with Crippen LogP contribution in [0, 0.1) is 5.82 Å². The molecule has 0 bridgehead atoms. The maximum atomic E-state index is 13.7. The number of rotatable bonds is 4. The molecule has 1 aromatic carbocycles. The lowest BCUT2D eigenvalue weighted by atomic mass is 10.1. The van der Waals surface area contributed by atoms with E-state index >= 15 is 0 Å². The minimum atomic E-state index is -4.05. The van der Waals surface area contributed by atoms with E-state index in [4.69, 9.17) is 5.11 Å². The minimum absolute atomic E-state index is 0.0663. The molecule has 1 amide bonds. The van der Waals surface area contributed by atoms with Crippen LogP contribution in [0.1, 0.15) is 23.2 Å². The highest BCUT2D eigenvalue weighted by Crippen LogP contribution is 2.22. The van der Waals surface area contributed by atoms with Crippen molar-refractivity contribution < 1.29 is 27.5 Å². The van der Waals surface area contributed by atoms with E-state index in [-0.39, 0.29) is 12.1 Å². The van der Waals surface area contributed by atoms with Crippen LogP contribution in [0.5, 0.6) is 0 Å². The molecule has 0 saturated carbocycles. The smallest absolute Gasteiger partial charge is 0.326 e. The number of carboxylic acid groups (broad SMARTS) is 1. The Morgan fingerprint density at radius 2 is 2.09 bits per heavy atom. The van der Waals surface area contributed by atoms with Crippen molar-refractivity contribution in [2.24, 2.45) is 0 Å². The van der Waals surface area contributed by atoms with Crippen LogP contribution in [0.2, 0.25) is 0 Å². The van der Waals surface area contributed by atoms with E-state index in [1.165, 1.54) is 0 Å². The maximum Gasteiger partial charge on any atom is 0.326 e. The van der Waals surface area contributed by atoms with E-state index < -0.39 is 38.7 Å². The normalized spacial score (nSPS) is 18.5. The molecule has 1 aliphatic rings. The second kappa shape index (κ2) is 6.01. The van der Waals surface area contributed by atoms with Crippen LogP contribution in [0.4, 0.5) is 4.39 Å². The number of hydrogen-bond donors (Lipinski definition) is 2. The third kappa shape index (κ3) is 2.95. The molecule has 1 aliphatic heterocycles. The van der Waals surface area contributed by atoms with Gasteiger partial charge < -0.3 is 10.0 Å². The molecule has 2 rings (SSSR count). The Balaban J connectivity index is 2.39. The molecule has 1 unspecified atom stereocenters. The van der Waals surface area contributed by atoms with Gasteiger partial charge in [0.15, 0.2) is 0 Å². The van der Waals surface area contributed by atoms with Crippen LogP contribution in [-0.2, 0) is 14.8 Å². The number of nitrogens with one attached hydrogen (secondary N) is 1. The summed E-state index contributed by atoms with van der Waals surface area (Å²) < 4.78 is 39.1. The standard InChI is InChI=1S/C13H15FN2O5S/c1-15-22(20,21)11-7-8(4-5-9(11)14)12(17)16-6-2-3-10(16)13(18)19/h4-5,7,10,15H,2-3,6H2,1H3,(H,18,19). The van der Waals surface area contributed by atoms with Crippen molar-refractivity contribution in [2.75, 3.05) is 13.6 Å². The molecule has 1 fully saturated rings. The maximum absolute atomic E-state index is 13.7. The van der Waals surface area contributed by atoms with Crippen molar-refractivity contribution in [3.8, 4) is 0 Å². The van der Waals surface area contributed by atoms with Gasteiger partial charge in [0.2, 0.25) is 10.0 Å². The van der Waals surface area contributed by atoms with Crippen LogP contribution >= 0.6 is 0 Å². The van der Waals surface area contributed by atoms with E-state index in [2.05, 4.69) is 0 Å². The van der Waals surface area contributed by atoms with Gasteiger partial charge in [0.1, 0.15) is 16.8 Å². The number of amides is 1. The lowest BCUT2D eigenvalue weighted by molar-refractivity contribution is -0.141. The number of carboxylic acids is 1. The monoisotopic (exact) mass is 330 g/mol. The summed E-state index contributed by atoms with van der Waals surface area (Å²) in [6, 6.07) is 2.00. The summed E-state index contributed by atoms with van der Waals surface area (Å²) in [7, 11) is -2.92. The molecule has 22 heavy (non-hydrogen) atoms. The van der Waals surface area contributed by atoms with Gasteiger partial charge in [-0.2, -0.15) is 0 Å². The van der Waals surface area contributed by atoms with Gasteiger partial charge in [0.05, 0.1) is 0 Å². The highest BCUT2D eigenvalue weighted by atomic mass is 32.2. The lowest BCUT2D eigenvalue weighted by Gasteiger charge is -2.21. The number of carbonyl (C=O) groups excluding carboxylic acids is 1. The number of aliphatic carboxylic acids is 1. The molecule has 1 aromatic rings. The Labute approximate surface area is 126 Å². The SMILES string of the molecule is CNS(=O)(=O)c1cc(C(=O)N2CCCC2C(=O)O)ccc1F. The van der Waals surface area contributed by atoms with Gasteiger partial charge in [-0.15, -0.1) is 0 Å². The summed E-state index contributed by atoms with van der Waals surface area (Å²) in [6.45, 7) is 0.265. The van der Waals surface area contributed by atoms with Gasteiger partial charge in [-0.05, 0) is 38.1 Å². The fourth-order valence-electron chi connectivity index (χ4n) is 2.38. The van der Waals surface area contributed by atoms with Crippen molar-refractivity contribution in [1.29, 1.82) is 0 Å². The summed E-state index contributed by atoms with van der Waals surface area (Å²) in [6.07, 6.45) is 0.884. The quantitative estimate of drug-likeness (QED) is 0.833. The first-order valence-electron chi connectivity index (χ1n) is 6.55. The van der Waals surface area contributed by atoms with Crippen LogP contribution < -0.4 is 4.72 Å². The van der Waals surface area contributed by atoms with Crippen molar-refractivity contribution >= 4 is 21.9 Å². The van der Waals surface area contributed by atoms with Crippen molar-refractivity contribution in [1.82, 2.24) is 9.62 Å². The predicted molar refractivity (Wildman–Crippen MR) is 74.3 cm³/mol. The van der Waals surface area contributed by atoms with Gasteiger partial charge in [-0.25, -0.2) is 22.3 Å². The summed E-state index contributed by atoms with van der Waals surface area (Å²) in [5.41, 5.74) is -0.0663. The molecule has 2 N–H and O–H groups in total.